The standard InChI is InChI=1S/C28H25N5O2/c1-18-11-12-29-33(18)24-7-3-20(4-8-24)28(34)32-13-14-35-27-10-6-21(15-23(27)17-32)22-5-9-25-26(16-22)31-19(2)30-25/h3-12,15-16H,13-14,17H2,1-2H3,(H,30,31). The monoisotopic (exact) mass is 463 g/mol. The fourth-order valence-electron chi connectivity index (χ4n) is 4.63. The quantitative estimate of drug-likeness (QED) is 0.405. The molecule has 0 aliphatic carbocycles. The van der Waals surface area contributed by atoms with Crippen LogP contribution in [-0.2, 0) is 6.54 Å². The molecule has 0 fully saturated rings. The minimum absolute atomic E-state index is 0.00931. The first-order valence-electron chi connectivity index (χ1n) is 11.7. The van der Waals surface area contributed by atoms with Crippen molar-refractivity contribution in [2.45, 2.75) is 20.4 Å². The number of carbonyl (C=O) groups is 1. The maximum Gasteiger partial charge on any atom is 0.254 e. The Kier molecular flexibility index (Phi) is 5.10. The first kappa shape index (κ1) is 21.2. The minimum Gasteiger partial charge on any atom is -0.491 e. The van der Waals surface area contributed by atoms with Gasteiger partial charge in [0.05, 0.1) is 23.3 Å². The lowest BCUT2D eigenvalue weighted by atomic mass is 10.0. The molecule has 0 bridgehead atoms. The molecule has 35 heavy (non-hydrogen) atoms. The normalized spacial score (nSPS) is 13.4. The van der Waals surface area contributed by atoms with Crippen molar-refractivity contribution in [3.63, 3.8) is 0 Å². The van der Waals surface area contributed by atoms with Gasteiger partial charge in [-0.1, -0.05) is 12.1 Å². The van der Waals surface area contributed by atoms with E-state index >= 15 is 0 Å². The predicted molar refractivity (Wildman–Crippen MR) is 135 cm³/mol. The molecule has 7 heteroatoms. The Hall–Kier alpha value is -4.39. The Labute approximate surface area is 203 Å². The molecule has 0 spiro atoms. The maximum absolute atomic E-state index is 13.4. The largest absolute Gasteiger partial charge is 0.491 e. The average Bonchev–Trinajstić information content (AvgIpc) is 3.40. The van der Waals surface area contributed by atoms with Gasteiger partial charge in [0.25, 0.3) is 5.91 Å². The average molecular weight is 464 g/mol. The predicted octanol–water partition coefficient (Wildman–Crippen LogP) is 5.07. The van der Waals surface area contributed by atoms with Gasteiger partial charge in [-0.2, -0.15) is 5.10 Å². The van der Waals surface area contributed by atoms with E-state index < -0.39 is 0 Å². The lowest BCUT2D eigenvalue weighted by molar-refractivity contribution is 0.0733. The number of amides is 1. The molecule has 0 atom stereocenters. The summed E-state index contributed by atoms with van der Waals surface area (Å²) in [5.74, 6) is 1.71. The lowest BCUT2D eigenvalue weighted by Gasteiger charge is -2.20. The van der Waals surface area contributed by atoms with Crippen molar-refractivity contribution >= 4 is 16.9 Å². The van der Waals surface area contributed by atoms with Crippen LogP contribution >= 0.6 is 0 Å². The van der Waals surface area contributed by atoms with Crippen molar-refractivity contribution in [2.24, 2.45) is 0 Å². The van der Waals surface area contributed by atoms with Gasteiger partial charge in [-0.15, -0.1) is 0 Å². The van der Waals surface area contributed by atoms with Gasteiger partial charge in [-0.05, 0) is 79.6 Å². The second kappa shape index (κ2) is 8.43. The van der Waals surface area contributed by atoms with Gasteiger partial charge in [0.2, 0.25) is 0 Å². The van der Waals surface area contributed by atoms with Crippen LogP contribution in [0.3, 0.4) is 0 Å². The molecular formula is C28H25N5O2. The number of H-pyrrole nitrogens is 1. The molecule has 1 amide bonds. The molecule has 6 rings (SSSR count). The van der Waals surface area contributed by atoms with Crippen LogP contribution in [0.25, 0.3) is 27.8 Å². The second-order valence-electron chi connectivity index (χ2n) is 8.88. The number of hydrogen-bond acceptors (Lipinski definition) is 4. The number of aryl methyl sites for hydroxylation is 2. The maximum atomic E-state index is 13.4. The third kappa shape index (κ3) is 3.95. The van der Waals surface area contributed by atoms with Crippen LogP contribution < -0.4 is 4.74 Å². The summed E-state index contributed by atoms with van der Waals surface area (Å²) >= 11 is 0. The van der Waals surface area contributed by atoms with E-state index in [9.17, 15) is 4.79 Å². The zero-order valence-corrected chi connectivity index (χ0v) is 19.7. The molecule has 174 valence electrons. The third-order valence-corrected chi connectivity index (χ3v) is 6.45. The Morgan fingerprint density at radius 2 is 1.77 bits per heavy atom. The van der Waals surface area contributed by atoms with Gasteiger partial charge < -0.3 is 14.6 Å². The first-order chi connectivity index (χ1) is 17.0. The Balaban J connectivity index is 1.26. The van der Waals surface area contributed by atoms with E-state index in [0.717, 1.165) is 50.7 Å². The SMILES string of the molecule is Cc1nc2ccc(-c3ccc4c(c3)CN(C(=O)c3ccc(-n5nccc5C)cc3)CCO4)cc2[nH]1. The van der Waals surface area contributed by atoms with Crippen molar-refractivity contribution in [2.75, 3.05) is 13.2 Å². The fraction of sp³-hybridized carbons (Fsp3) is 0.179. The topological polar surface area (TPSA) is 76.0 Å². The Morgan fingerprint density at radius 1 is 0.971 bits per heavy atom. The number of nitrogens with zero attached hydrogens (tertiary/aromatic N) is 4. The molecule has 2 aromatic heterocycles. The minimum atomic E-state index is -0.00931. The summed E-state index contributed by atoms with van der Waals surface area (Å²) in [5, 5.41) is 4.34. The third-order valence-electron chi connectivity index (χ3n) is 6.45. The lowest BCUT2D eigenvalue weighted by Crippen LogP contribution is -2.32. The van der Waals surface area contributed by atoms with E-state index in [0.29, 0.717) is 25.3 Å². The summed E-state index contributed by atoms with van der Waals surface area (Å²) in [4.78, 5) is 23.0. The zero-order chi connectivity index (χ0) is 23.9. The zero-order valence-electron chi connectivity index (χ0n) is 19.7. The molecule has 0 radical (unpaired) electrons. The number of fused-ring (bicyclic) bond motifs is 2. The number of benzene rings is 3. The molecule has 0 saturated heterocycles. The van der Waals surface area contributed by atoms with Gasteiger partial charge in [-0.3, -0.25) is 4.79 Å². The van der Waals surface area contributed by atoms with Gasteiger partial charge in [-0.25, -0.2) is 9.67 Å². The van der Waals surface area contributed by atoms with Gasteiger partial charge >= 0.3 is 0 Å². The molecule has 1 aliphatic heterocycles. The number of carbonyl (C=O) groups excluding carboxylic acids is 1. The number of nitrogens with one attached hydrogen (secondary N) is 1. The van der Waals surface area contributed by atoms with E-state index in [1.54, 1.807) is 6.20 Å². The van der Waals surface area contributed by atoms with Crippen LogP contribution in [0.1, 0.15) is 27.4 Å². The van der Waals surface area contributed by atoms with Crippen LogP contribution in [0.5, 0.6) is 5.75 Å². The fourth-order valence-corrected chi connectivity index (χ4v) is 4.63. The Bertz CT molecular complexity index is 1550. The van der Waals surface area contributed by atoms with E-state index in [2.05, 4.69) is 39.3 Å². The number of rotatable bonds is 3. The molecule has 0 unspecified atom stereocenters. The summed E-state index contributed by atoms with van der Waals surface area (Å²) in [7, 11) is 0. The molecular weight excluding hydrogens is 438 g/mol. The van der Waals surface area contributed by atoms with Gasteiger partial charge in [0.1, 0.15) is 18.2 Å². The van der Waals surface area contributed by atoms with Crippen LogP contribution in [-0.4, -0.2) is 43.7 Å². The van der Waals surface area contributed by atoms with E-state index in [1.807, 2.05) is 65.9 Å². The number of ether oxygens (including phenoxy) is 1. The molecule has 3 aromatic carbocycles. The molecule has 5 aromatic rings. The molecule has 0 saturated carbocycles. The highest BCUT2D eigenvalue weighted by Gasteiger charge is 2.22. The highest BCUT2D eigenvalue weighted by atomic mass is 16.5. The number of aromatic amines is 1. The van der Waals surface area contributed by atoms with Gasteiger partial charge in [0, 0.05) is 29.6 Å². The summed E-state index contributed by atoms with van der Waals surface area (Å²) in [6.07, 6.45) is 1.77. The molecule has 1 N–H and O–H groups in total. The number of aromatic nitrogens is 4. The van der Waals surface area contributed by atoms with Crippen molar-refractivity contribution in [1.29, 1.82) is 0 Å². The first-order valence-corrected chi connectivity index (χ1v) is 11.7. The Morgan fingerprint density at radius 3 is 2.57 bits per heavy atom. The van der Waals surface area contributed by atoms with Crippen molar-refractivity contribution in [1.82, 2.24) is 24.6 Å². The van der Waals surface area contributed by atoms with Crippen molar-refractivity contribution < 1.29 is 9.53 Å². The van der Waals surface area contributed by atoms with Crippen molar-refractivity contribution in [3.8, 4) is 22.6 Å². The van der Waals surface area contributed by atoms with Crippen molar-refractivity contribution in [3.05, 3.63) is 95.6 Å². The molecule has 1 aliphatic rings. The summed E-state index contributed by atoms with van der Waals surface area (Å²) in [6, 6.07) is 22.0. The summed E-state index contributed by atoms with van der Waals surface area (Å²) < 4.78 is 7.84. The smallest absolute Gasteiger partial charge is 0.254 e. The second-order valence-corrected chi connectivity index (χ2v) is 8.88. The molecule has 7 nitrogen and oxygen atoms in total. The highest BCUT2D eigenvalue weighted by molar-refractivity contribution is 5.94. The summed E-state index contributed by atoms with van der Waals surface area (Å²) in [6.45, 7) is 5.44. The van der Waals surface area contributed by atoms with Gasteiger partial charge in [0.15, 0.2) is 0 Å². The molecule has 3 heterocycles. The summed E-state index contributed by atoms with van der Waals surface area (Å²) in [5.41, 5.74) is 7.76. The van der Waals surface area contributed by atoms with E-state index in [4.69, 9.17) is 4.74 Å². The van der Waals surface area contributed by atoms with Crippen LogP contribution in [0.4, 0.5) is 0 Å². The highest BCUT2D eigenvalue weighted by Crippen LogP contribution is 2.31. The van der Waals surface area contributed by atoms with Crippen LogP contribution in [0.2, 0.25) is 0 Å². The number of hydrogen-bond donors (Lipinski definition) is 1. The van der Waals surface area contributed by atoms with E-state index in [1.165, 1.54) is 0 Å². The van der Waals surface area contributed by atoms with Crippen LogP contribution in [0.15, 0.2) is 72.9 Å². The van der Waals surface area contributed by atoms with E-state index in [-0.39, 0.29) is 5.91 Å². The van der Waals surface area contributed by atoms with Crippen LogP contribution in [0, 0.1) is 13.8 Å². The number of imidazole rings is 1.